The standard InChI is InChI=1S/C17H16N4O4/c1-23-13(22)11-6-4-10(5-7-11)12-15(8-18)14(20)21-17(24-2,25-3)16(12,15)9-19/h4-7,12H,1-3H3,(H2,20,21)/t12-,15-,16-/m1/s1. The maximum absolute atomic E-state index is 11.6. The first kappa shape index (κ1) is 16.9. The van der Waals surface area contributed by atoms with Gasteiger partial charge in [-0.3, -0.25) is 0 Å². The number of aliphatic imine (C=N–C) groups is 1. The molecule has 0 spiro atoms. The molecule has 0 saturated heterocycles. The van der Waals surface area contributed by atoms with E-state index in [1.807, 2.05) is 0 Å². The van der Waals surface area contributed by atoms with Gasteiger partial charge in [0.2, 0.25) is 0 Å². The number of nitrogens with two attached hydrogens (primary N) is 1. The van der Waals surface area contributed by atoms with Crippen molar-refractivity contribution in [3.63, 3.8) is 0 Å². The van der Waals surface area contributed by atoms with Crippen LogP contribution in [0.4, 0.5) is 0 Å². The Kier molecular flexibility index (Phi) is 3.57. The SMILES string of the molecule is COC(=O)c1ccc([C@@H]2[C@]3(C#N)C(N)=NC(OC)(OC)[C@]23C#N)cc1. The summed E-state index contributed by atoms with van der Waals surface area (Å²) in [6.07, 6.45) is 0. The zero-order valence-electron chi connectivity index (χ0n) is 13.9. The van der Waals surface area contributed by atoms with Crippen LogP contribution in [0.25, 0.3) is 0 Å². The van der Waals surface area contributed by atoms with Crippen molar-refractivity contribution < 1.29 is 19.0 Å². The Balaban J connectivity index is 2.13. The second-order valence-electron chi connectivity index (χ2n) is 5.87. The third-order valence-electron chi connectivity index (χ3n) is 5.15. The molecule has 8 heteroatoms. The largest absolute Gasteiger partial charge is 0.465 e. The van der Waals surface area contributed by atoms with Gasteiger partial charge in [-0.2, -0.15) is 10.5 Å². The molecule has 2 N–H and O–H groups in total. The van der Waals surface area contributed by atoms with Gasteiger partial charge in [0.05, 0.1) is 24.8 Å². The number of ether oxygens (including phenoxy) is 3. The van der Waals surface area contributed by atoms with E-state index in [4.69, 9.17) is 15.2 Å². The summed E-state index contributed by atoms with van der Waals surface area (Å²) in [6.45, 7) is 0. The molecule has 1 heterocycles. The number of hydrogen-bond acceptors (Lipinski definition) is 8. The van der Waals surface area contributed by atoms with Crippen LogP contribution in [0.2, 0.25) is 0 Å². The highest BCUT2D eigenvalue weighted by molar-refractivity contribution is 6.00. The van der Waals surface area contributed by atoms with Crippen LogP contribution in [0.5, 0.6) is 0 Å². The Morgan fingerprint density at radius 3 is 2.20 bits per heavy atom. The summed E-state index contributed by atoms with van der Waals surface area (Å²) < 4.78 is 15.4. The van der Waals surface area contributed by atoms with E-state index in [1.165, 1.54) is 21.3 Å². The van der Waals surface area contributed by atoms with Crippen LogP contribution in [-0.4, -0.2) is 39.0 Å². The van der Waals surface area contributed by atoms with E-state index >= 15 is 0 Å². The van der Waals surface area contributed by atoms with E-state index < -0.39 is 28.6 Å². The first-order chi connectivity index (χ1) is 11.9. The fourth-order valence-electron chi connectivity index (χ4n) is 3.95. The number of benzene rings is 1. The number of methoxy groups -OCH3 is 3. The summed E-state index contributed by atoms with van der Waals surface area (Å²) in [6, 6.07) is 10.8. The zero-order chi connectivity index (χ0) is 18.5. The second-order valence-corrected chi connectivity index (χ2v) is 5.87. The molecule has 1 aliphatic heterocycles. The van der Waals surface area contributed by atoms with Gasteiger partial charge in [-0.25, -0.2) is 9.79 Å². The molecule has 3 atom stereocenters. The van der Waals surface area contributed by atoms with Gasteiger partial charge in [-0.15, -0.1) is 0 Å². The van der Waals surface area contributed by atoms with Crippen LogP contribution in [0.1, 0.15) is 21.8 Å². The molecule has 2 aliphatic rings. The van der Waals surface area contributed by atoms with Crippen molar-refractivity contribution in [2.75, 3.05) is 21.3 Å². The minimum Gasteiger partial charge on any atom is -0.465 e. The molecule has 0 amide bonds. The molecule has 8 nitrogen and oxygen atoms in total. The third-order valence-corrected chi connectivity index (χ3v) is 5.15. The van der Waals surface area contributed by atoms with Gasteiger partial charge in [0, 0.05) is 20.1 Å². The van der Waals surface area contributed by atoms with E-state index in [0.717, 1.165) is 0 Å². The maximum Gasteiger partial charge on any atom is 0.337 e. The Hall–Kier alpha value is -2.94. The molecular weight excluding hydrogens is 324 g/mol. The van der Waals surface area contributed by atoms with Gasteiger partial charge in [0.1, 0.15) is 11.3 Å². The van der Waals surface area contributed by atoms with Crippen molar-refractivity contribution in [3.8, 4) is 12.1 Å². The quantitative estimate of drug-likeness (QED) is 0.636. The minimum atomic E-state index is -1.66. The Morgan fingerprint density at radius 1 is 1.16 bits per heavy atom. The van der Waals surface area contributed by atoms with E-state index in [2.05, 4.69) is 21.9 Å². The first-order valence-corrected chi connectivity index (χ1v) is 7.41. The van der Waals surface area contributed by atoms with Gasteiger partial charge >= 0.3 is 5.97 Å². The fraction of sp³-hybridized carbons (Fsp3) is 0.412. The van der Waals surface area contributed by atoms with Gasteiger partial charge in [-0.05, 0) is 17.7 Å². The molecule has 25 heavy (non-hydrogen) atoms. The van der Waals surface area contributed by atoms with Crippen molar-refractivity contribution in [1.29, 1.82) is 10.5 Å². The van der Waals surface area contributed by atoms with E-state index in [9.17, 15) is 15.3 Å². The summed E-state index contributed by atoms with van der Waals surface area (Å²) in [5.41, 5.74) is 4.29. The first-order valence-electron chi connectivity index (χ1n) is 7.41. The number of fused-ring (bicyclic) bond motifs is 1. The Bertz CT molecular complexity index is 847. The number of carbonyl (C=O) groups excluding carboxylic acids is 1. The lowest BCUT2D eigenvalue weighted by molar-refractivity contribution is -0.230. The summed E-state index contributed by atoms with van der Waals surface area (Å²) in [7, 11) is 3.99. The molecule has 1 fully saturated rings. The number of nitrogens with zero attached hydrogens (tertiary/aromatic N) is 3. The molecule has 1 aliphatic carbocycles. The lowest BCUT2D eigenvalue weighted by atomic mass is 9.93. The smallest absolute Gasteiger partial charge is 0.337 e. The number of nitriles is 2. The molecule has 1 saturated carbocycles. The maximum atomic E-state index is 11.6. The van der Waals surface area contributed by atoms with Gasteiger partial charge in [-0.1, -0.05) is 12.1 Å². The van der Waals surface area contributed by atoms with Crippen molar-refractivity contribution in [2.45, 2.75) is 11.8 Å². The summed E-state index contributed by atoms with van der Waals surface area (Å²) in [5, 5.41) is 19.7. The molecule has 0 unspecified atom stereocenters. The molecule has 1 aromatic rings. The highest BCUT2D eigenvalue weighted by atomic mass is 16.7. The lowest BCUT2D eigenvalue weighted by Crippen LogP contribution is -2.41. The third kappa shape index (κ3) is 1.65. The Morgan fingerprint density at radius 2 is 1.76 bits per heavy atom. The number of carbonyl (C=O) groups is 1. The number of hydrogen-bond donors (Lipinski definition) is 1. The van der Waals surface area contributed by atoms with Crippen LogP contribution in [-0.2, 0) is 14.2 Å². The number of esters is 1. The minimum absolute atomic E-state index is 0.00212. The summed E-state index contributed by atoms with van der Waals surface area (Å²) in [4.78, 5) is 15.7. The number of amidine groups is 1. The zero-order valence-corrected chi connectivity index (χ0v) is 13.9. The predicted molar refractivity (Wildman–Crippen MR) is 85.0 cm³/mol. The number of rotatable bonds is 4. The molecule has 0 radical (unpaired) electrons. The van der Waals surface area contributed by atoms with Crippen LogP contribution in [0, 0.1) is 33.5 Å². The van der Waals surface area contributed by atoms with E-state index in [1.54, 1.807) is 24.3 Å². The molecule has 0 aromatic heterocycles. The molecule has 3 rings (SSSR count). The van der Waals surface area contributed by atoms with Crippen LogP contribution < -0.4 is 5.73 Å². The highest BCUT2D eigenvalue weighted by Gasteiger charge is 2.93. The fourth-order valence-corrected chi connectivity index (χ4v) is 3.95. The van der Waals surface area contributed by atoms with Gasteiger partial charge in [0.25, 0.3) is 5.91 Å². The monoisotopic (exact) mass is 340 g/mol. The van der Waals surface area contributed by atoms with Crippen LogP contribution in [0.15, 0.2) is 29.3 Å². The van der Waals surface area contributed by atoms with Crippen molar-refractivity contribution in [2.24, 2.45) is 21.6 Å². The molecular formula is C17H16N4O4. The van der Waals surface area contributed by atoms with Crippen molar-refractivity contribution in [1.82, 2.24) is 0 Å². The van der Waals surface area contributed by atoms with Crippen molar-refractivity contribution >= 4 is 11.8 Å². The van der Waals surface area contributed by atoms with E-state index in [0.29, 0.717) is 11.1 Å². The highest BCUT2D eigenvalue weighted by Crippen LogP contribution is 2.81. The van der Waals surface area contributed by atoms with E-state index in [-0.39, 0.29) is 5.84 Å². The Labute approximate surface area is 144 Å². The summed E-state index contributed by atoms with van der Waals surface area (Å²) in [5.74, 6) is -2.73. The average Bonchev–Trinajstić information content (AvgIpc) is 3.23. The van der Waals surface area contributed by atoms with Gasteiger partial charge < -0.3 is 19.9 Å². The molecule has 0 bridgehead atoms. The van der Waals surface area contributed by atoms with Crippen LogP contribution in [0.3, 0.4) is 0 Å². The normalized spacial score (nSPS) is 31.2. The van der Waals surface area contributed by atoms with Crippen LogP contribution >= 0.6 is 0 Å². The van der Waals surface area contributed by atoms with Crippen molar-refractivity contribution in [3.05, 3.63) is 35.4 Å². The summed E-state index contributed by atoms with van der Waals surface area (Å²) >= 11 is 0. The average molecular weight is 340 g/mol. The predicted octanol–water partition coefficient (Wildman–Crippen LogP) is 0.908. The molecule has 1 aromatic carbocycles. The molecule has 128 valence electrons. The topological polar surface area (TPSA) is 131 Å². The van der Waals surface area contributed by atoms with Gasteiger partial charge in [0.15, 0.2) is 5.41 Å². The second kappa shape index (κ2) is 5.28. The lowest BCUT2D eigenvalue weighted by Gasteiger charge is -2.29.